The number of aromatic nitrogens is 2. The summed E-state index contributed by atoms with van der Waals surface area (Å²) in [6.07, 6.45) is 1.67. The van der Waals surface area contributed by atoms with Crippen molar-refractivity contribution >= 4 is 39.8 Å². The fourth-order valence-electron chi connectivity index (χ4n) is 1.66. The van der Waals surface area contributed by atoms with Crippen molar-refractivity contribution in [3.8, 4) is 0 Å². The van der Waals surface area contributed by atoms with Gasteiger partial charge >= 0.3 is 0 Å². The number of fused-ring (bicyclic) bond motifs is 1. The number of anilines is 1. The molecule has 1 aliphatic rings. The van der Waals surface area contributed by atoms with E-state index >= 15 is 0 Å². The van der Waals surface area contributed by atoms with Crippen LogP contribution in [0.5, 0.6) is 0 Å². The Morgan fingerprint density at radius 3 is 3.06 bits per heavy atom. The van der Waals surface area contributed by atoms with E-state index in [-0.39, 0.29) is 5.91 Å². The number of hydrogen-bond acceptors (Lipinski definition) is 5. The number of nitrogens with zero attached hydrogens (tertiary/aromatic N) is 4. The van der Waals surface area contributed by atoms with Crippen molar-refractivity contribution in [3.63, 3.8) is 0 Å². The van der Waals surface area contributed by atoms with Crippen LogP contribution in [0, 0.1) is 0 Å². The molecule has 0 saturated carbocycles. The Bertz CT molecular complexity index is 608. The van der Waals surface area contributed by atoms with Crippen molar-refractivity contribution in [2.24, 2.45) is 5.10 Å². The van der Waals surface area contributed by atoms with E-state index in [9.17, 15) is 4.79 Å². The molecule has 3 rings (SSSR count). The first kappa shape index (κ1) is 10.2. The Balaban J connectivity index is 2.20. The van der Waals surface area contributed by atoms with Gasteiger partial charge in [0.15, 0.2) is 5.82 Å². The van der Waals surface area contributed by atoms with Gasteiger partial charge in [-0.25, -0.2) is 0 Å². The average molecular weight is 244 g/mol. The summed E-state index contributed by atoms with van der Waals surface area (Å²) in [5.74, 6) is 0.793. The molecule has 2 heterocycles. The smallest absolute Gasteiger partial charge is 0.259 e. The van der Waals surface area contributed by atoms with Crippen LogP contribution >= 0.6 is 11.8 Å². The molecular formula is C11H8N4OS. The largest absolute Gasteiger partial charge is 0.272 e. The maximum absolute atomic E-state index is 11.8. The van der Waals surface area contributed by atoms with Gasteiger partial charge in [0.25, 0.3) is 5.91 Å². The van der Waals surface area contributed by atoms with E-state index in [0.717, 1.165) is 10.8 Å². The second kappa shape index (κ2) is 4.14. The average Bonchev–Trinajstić information content (AvgIpc) is 2.39. The second-order valence-electron chi connectivity index (χ2n) is 3.49. The zero-order chi connectivity index (χ0) is 11.7. The number of hydrazone groups is 1. The zero-order valence-electron chi connectivity index (χ0n) is 8.78. The summed E-state index contributed by atoms with van der Waals surface area (Å²) in [6.45, 7) is 0. The molecule has 84 valence electrons. The summed E-state index contributed by atoms with van der Waals surface area (Å²) in [4.78, 5) is 11.8. The predicted octanol–water partition coefficient (Wildman–Crippen LogP) is 1.65. The zero-order valence-corrected chi connectivity index (χ0v) is 9.59. The second-order valence-corrected chi connectivity index (χ2v) is 4.33. The Hall–Kier alpha value is -1.95. The molecule has 0 unspecified atom stereocenters. The SMILES string of the molecule is O=C1CSC=NN1c1nncc2ccccc12. The third kappa shape index (κ3) is 1.76. The van der Waals surface area contributed by atoms with Gasteiger partial charge in [-0.05, 0) is 0 Å². The third-order valence-corrected chi connectivity index (χ3v) is 3.09. The lowest BCUT2D eigenvalue weighted by molar-refractivity contribution is -0.116. The summed E-state index contributed by atoms with van der Waals surface area (Å²) < 4.78 is 0. The lowest BCUT2D eigenvalue weighted by atomic mass is 10.2. The molecule has 0 atom stereocenters. The van der Waals surface area contributed by atoms with E-state index in [2.05, 4.69) is 15.3 Å². The first-order valence-electron chi connectivity index (χ1n) is 5.04. The van der Waals surface area contributed by atoms with Crippen LogP contribution in [-0.4, -0.2) is 27.4 Å². The van der Waals surface area contributed by atoms with Crippen LogP contribution < -0.4 is 5.01 Å². The molecule has 5 nitrogen and oxygen atoms in total. The molecule has 0 bridgehead atoms. The highest BCUT2D eigenvalue weighted by Crippen LogP contribution is 2.25. The minimum atomic E-state index is -0.0804. The first-order chi connectivity index (χ1) is 8.36. The number of carbonyl (C=O) groups is 1. The molecule has 0 aliphatic carbocycles. The van der Waals surface area contributed by atoms with E-state index in [0.29, 0.717) is 11.6 Å². The van der Waals surface area contributed by atoms with E-state index in [1.54, 1.807) is 11.7 Å². The monoisotopic (exact) mass is 244 g/mol. The fraction of sp³-hybridized carbons (Fsp3) is 0.0909. The topological polar surface area (TPSA) is 58.5 Å². The molecule has 1 aromatic heterocycles. The Kier molecular flexibility index (Phi) is 2.49. The van der Waals surface area contributed by atoms with E-state index in [4.69, 9.17) is 0 Å². The highest BCUT2D eigenvalue weighted by molar-refractivity contribution is 8.12. The highest BCUT2D eigenvalue weighted by Gasteiger charge is 2.21. The van der Waals surface area contributed by atoms with Gasteiger partial charge < -0.3 is 0 Å². The summed E-state index contributed by atoms with van der Waals surface area (Å²) in [5.41, 5.74) is 1.64. The molecule has 0 spiro atoms. The van der Waals surface area contributed by atoms with Gasteiger partial charge in [-0.1, -0.05) is 24.3 Å². The van der Waals surface area contributed by atoms with Crippen LogP contribution in [0.4, 0.5) is 5.82 Å². The minimum Gasteiger partial charge on any atom is -0.272 e. The predicted molar refractivity (Wildman–Crippen MR) is 68.0 cm³/mol. The highest BCUT2D eigenvalue weighted by atomic mass is 32.2. The molecule has 0 N–H and O–H groups in total. The number of thioether (sulfide) groups is 1. The number of amides is 1. The first-order valence-corrected chi connectivity index (χ1v) is 6.08. The Morgan fingerprint density at radius 2 is 2.18 bits per heavy atom. The maximum atomic E-state index is 11.8. The van der Waals surface area contributed by atoms with Crippen molar-refractivity contribution in [2.75, 3.05) is 10.8 Å². The van der Waals surface area contributed by atoms with E-state index < -0.39 is 0 Å². The van der Waals surface area contributed by atoms with Crippen LogP contribution in [0.2, 0.25) is 0 Å². The number of carbonyl (C=O) groups excluding carboxylic acids is 1. The van der Waals surface area contributed by atoms with Crippen molar-refractivity contribution < 1.29 is 4.79 Å². The van der Waals surface area contributed by atoms with Crippen molar-refractivity contribution in [1.29, 1.82) is 0 Å². The molecule has 6 heteroatoms. The lowest BCUT2D eigenvalue weighted by Crippen LogP contribution is -2.30. The number of hydrogen-bond donors (Lipinski definition) is 0. The van der Waals surface area contributed by atoms with Gasteiger partial charge in [0, 0.05) is 10.8 Å². The van der Waals surface area contributed by atoms with Crippen LogP contribution in [0.3, 0.4) is 0 Å². The Morgan fingerprint density at radius 1 is 1.29 bits per heavy atom. The van der Waals surface area contributed by atoms with Gasteiger partial charge in [0.1, 0.15) is 0 Å². The molecule has 1 aromatic carbocycles. The standard InChI is InChI=1S/C11H8N4OS/c16-10-6-17-7-13-15(10)11-9-4-2-1-3-8(9)5-12-14-11/h1-5,7H,6H2. The summed E-state index contributed by atoms with van der Waals surface area (Å²) in [6, 6.07) is 7.66. The van der Waals surface area contributed by atoms with E-state index in [1.807, 2.05) is 24.3 Å². The van der Waals surface area contributed by atoms with Crippen LogP contribution in [-0.2, 0) is 4.79 Å². The summed E-state index contributed by atoms with van der Waals surface area (Å²) >= 11 is 1.38. The van der Waals surface area contributed by atoms with Crippen molar-refractivity contribution in [3.05, 3.63) is 30.5 Å². The third-order valence-electron chi connectivity index (χ3n) is 2.43. The maximum Gasteiger partial charge on any atom is 0.259 e. The number of benzene rings is 1. The van der Waals surface area contributed by atoms with Crippen molar-refractivity contribution in [2.45, 2.75) is 0 Å². The van der Waals surface area contributed by atoms with Gasteiger partial charge in [0.05, 0.1) is 17.5 Å². The van der Waals surface area contributed by atoms with Crippen LogP contribution in [0.15, 0.2) is 35.6 Å². The quantitative estimate of drug-likeness (QED) is 0.765. The molecule has 0 fully saturated rings. The number of rotatable bonds is 1. The molecule has 1 amide bonds. The molecule has 0 saturated heterocycles. The molecule has 17 heavy (non-hydrogen) atoms. The van der Waals surface area contributed by atoms with Gasteiger partial charge in [-0.2, -0.15) is 15.2 Å². The summed E-state index contributed by atoms with van der Waals surface area (Å²) in [5, 5.41) is 15.1. The Labute approximate surface area is 102 Å². The van der Waals surface area contributed by atoms with Gasteiger partial charge in [-0.15, -0.1) is 16.9 Å². The van der Waals surface area contributed by atoms with Gasteiger partial charge in [-0.3, -0.25) is 4.79 Å². The summed E-state index contributed by atoms with van der Waals surface area (Å²) in [7, 11) is 0. The molecular weight excluding hydrogens is 236 g/mol. The molecule has 1 aliphatic heterocycles. The van der Waals surface area contributed by atoms with E-state index in [1.165, 1.54) is 16.8 Å². The van der Waals surface area contributed by atoms with Crippen molar-refractivity contribution in [1.82, 2.24) is 10.2 Å². The fourth-order valence-corrected chi connectivity index (χ4v) is 2.16. The van der Waals surface area contributed by atoms with Crippen LogP contribution in [0.25, 0.3) is 10.8 Å². The molecule has 2 aromatic rings. The van der Waals surface area contributed by atoms with Gasteiger partial charge in [0.2, 0.25) is 0 Å². The normalized spacial score (nSPS) is 15.5. The lowest BCUT2D eigenvalue weighted by Gasteiger charge is -2.18. The van der Waals surface area contributed by atoms with Crippen LogP contribution in [0.1, 0.15) is 0 Å². The molecule has 0 radical (unpaired) electrons. The minimum absolute atomic E-state index is 0.0804.